The number of hydrogen-bond acceptors (Lipinski definition) is 4. The SMILES string of the molecule is CC(C)(C)OC(=O)N1CCOC(c2ccncc2Br)C1. The summed E-state index contributed by atoms with van der Waals surface area (Å²) in [7, 11) is 0. The molecule has 0 radical (unpaired) electrons. The van der Waals surface area contributed by atoms with E-state index in [2.05, 4.69) is 20.9 Å². The Hall–Kier alpha value is -1.14. The second kappa shape index (κ2) is 6.10. The summed E-state index contributed by atoms with van der Waals surface area (Å²) >= 11 is 3.46. The predicted molar refractivity (Wildman–Crippen MR) is 78.4 cm³/mol. The Balaban J connectivity index is 2.06. The van der Waals surface area contributed by atoms with Gasteiger partial charge in [0, 0.05) is 23.4 Å². The highest BCUT2D eigenvalue weighted by molar-refractivity contribution is 9.10. The molecule has 0 bridgehead atoms. The Labute approximate surface area is 127 Å². The van der Waals surface area contributed by atoms with E-state index in [1.54, 1.807) is 17.3 Å². The van der Waals surface area contributed by atoms with Gasteiger partial charge in [0.25, 0.3) is 0 Å². The number of pyridine rings is 1. The molecule has 1 aromatic rings. The van der Waals surface area contributed by atoms with Crippen molar-refractivity contribution < 1.29 is 14.3 Å². The van der Waals surface area contributed by atoms with Crippen LogP contribution in [0.1, 0.15) is 32.4 Å². The fraction of sp³-hybridized carbons (Fsp3) is 0.571. The van der Waals surface area contributed by atoms with Crippen LogP contribution < -0.4 is 0 Å². The third-order valence-corrected chi connectivity index (χ3v) is 3.53. The first kappa shape index (κ1) is 15.3. The van der Waals surface area contributed by atoms with Crippen molar-refractivity contribution in [2.24, 2.45) is 0 Å². The zero-order chi connectivity index (χ0) is 14.8. The molecule has 5 nitrogen and oxygen atoms in total. The quantitative estimate of drug-likeness (QED) is 0.786. The number of rotatable bonds is 1. The summed E-state index contributed by atoms with van der Waals surface area (Å²) < 4.78 is 12.0. The second-order valence-electron chi connectivity index (χ2n) is 5.68. The van der Waals surface area contributed by atoms with E-state index in [-0.39, 0.29) is 12.2 Å². The Morgan fingerprint density at radius 3 is 2.95 bits per heavy atom. The van der Waals surface area contributed by atoms with Crippen molar-refractivity contribution in [1.29, 1.82) is 0 Å². The number of morpholine rings is 1. The third kappa shape index (κ3) is 3.93. The number of aromatic nitrogens is 1. The Morgan fingerprint density at radius 1 is 1.55 bits per heavy atom. The lowest BCUT2D eigenvalue weighted by molar-refractivity contribution is -0.0435. The number of ether oxygens (including phenoxy) is 2. The van der Waals surface area contributed by atoms with Gasteiger partial charge >= 0.3 is 6.09 Å². The van der Waals surface area contributed by atoms with Crippen molar-refractivity contribution in [2.75, 3.05) is 19.7 Å². The summed E-state index contributed by atoms with van der Waals surface area (Å²) in [6.45, 7) is 7.12. The fourth-order valence-corrected chi connectivity index (χ4v) is 2.48. The number of carbonyl (C=O) groups is 1. The average Bonchev–Trinajstić information content (AvgIpc) is 2.37. The van der Waals surface area contributed by atoms with Gasteiger partial charge in [-0.3, -0.25) is 4.98 Å². The molecule has 1 unspecified atom stereocenters. The van der Waals surface area contributed by atoms with Gasteiger partial charge in [0.2, 0.25) is 0 Å². The molecule has 1 aromatic heterocycles. The molecule has 1 saturated heterocycles. The Bertz CT molecular complexity index is 488. The van der Waals surface area contributed by atoms with Crippen molar-refractivity contribution in [2.45, 2.75) is 32.5 Å². The first-order valence-corrected chi connectivity index (χ1v) is 7.35. The molecule has 1 aliphatic heterocycles. The Kier molecular flexibility index (Phi) is 4.65. The van der Waals surface area contributed by atoms with Crippen molar-refractivity contribution in [3.05, 3.63) is 28.5 Å². The van der Waals surface area contributed by atoms with Gasteiger partial charge in [0.15, 0.2) is 0 Å². The van der Waals surface area contributed by atoms with E-state index in [1.165, 1.54) is 0 Å². The standard InChI is InChI=1S/C14H19BrN2O3/c1-14(2,3)20-13(18)17-6-7-19-12(9-17)10-4-5-16-8-11(10)15/h4-5,8,12H,6-7,9H2,1-3H3. The lowest BCUT2D eigenvalue weighted by Crippen LogP contribution is -2.44. The maximum absolute atomic E-state index is 12.1. The van der Waals surface area contributed by atoms with Crippen LogP contribution >= 0.6 is 15.9 Å². The van der Waals surface area contributed by atoms with Crippen molar-refractivity contribution in [3.63, 3.8) is 0 Å². The number of amides is 1. The van der Waals surface area contributed by atoms with E-state index >= 15 is 0 Å². The predicted octanol–water partition coefficient (Wildman–Crippen LogP) is 3.15. The summed E-state index contributed by atoms with van der Waals surface area (Å²) in [5.41, 5.74) is 0.510. The van der Waals surface area contributed by atoms with Crippen LogP contribution in [0.3, 0.4) is 0 Å². The third-order valence-electron chi connectivity index (χ3n) is 2.87. The molecule has 0 aromatic carbocycles. The highest BCUT2D eigenvalue weighted by Gasteiger charge is 2.29. The molecule has 0 N–H and O–H groups in total. The van der Waals surface area contributed by atoms with Crippen molar-refractivity contribution in [1.82, 2.24) is 9.88 Å². The minimum absolute atomic E-state index is 0.159. The summed E-state index contributed by atoms with van der Waals surface area (Å²) in [4.78, 5) is 17.8. The molecule has 1 fully saturated rings. The molecule has 20 heavy (non-hydrogen) atoms. The van der Waals surface area contributed by atoms with Gasteiger partial charge in [-0.05, 0) is 48.3 Å². The van der Waals surface area contributed by atoms with Gasteiger partial charge in [-0.2, -0.15) is 0 Å². The fourth-order valence-electron chi connectivity index (χ4n) is 1.98. The average molecular weight is 343 g/mol. The van der Waals surface area contributed by atoms with Crippen LogP contribution in [-0.4, -0.2) is 41.3 Å². The van der Waals surface area contributed by atoms with Crippen LogP contribution in [0.2, 0.25) is 0 Å². The number of hydrogen-bond donors (Lipinski definition) is 0. The molecule has 0 aliphatic carbocycles. The molecule has 2 rings (SSSR count). The second-order valence-corrected chi connectivity index (χ2v) is 6.54. The number of nitrogens with zero attached hydrogens (tertiary/aromatic N) is 2. The number of carbonyl (C=O) groups excluding carboxylic acids is 1. The molecule has 1 aliphatic rings. The van der Waals surface area contributed by atoms with E-state index in [1.807, 2.05) is 26.8 Å². The van der Waals surface area contributed by atoms with Gasteiger partial charge in [0.05, 0.1) is 13.2 Å². The van der Waals surface area contributed by atoms with E-state index in [0.717, 1.165) is 10.0 Å². The first-order chi connectivity index (χ1) is 9.37. The van der Waals surface area contributed by atoms with Crippen molar-refractivity contribution >= 4 is 22.0 Å². The highest BCUT2D eigenvalue weighted by Crippen LogP contribution is 2.28. The Morgan fingerprint density at radius 2 is 2.30 bits per heavy atom. The van der Waals surface area contributed by atoms with Crippen LogP contribution in [-0.2, 0) is 9.47 Å². The van der Waals surface area contributed by atoms with E-state index in [0.29, 0.717) is 19.7 Å². The molecule has 2 heterocycles. The molecule has 110 valence electrons. The van der Waals surface area contributed by atoms with E-state index in [4.69, 9.17) is 9.47 Å². The lowest BCUT2D eigenvalue weighted by atomic mass is 10.1. The maximum Gasteiger partial charge on any atom is 0.410 e. The topological polar surface area (TPSA) is 51.7 Å². The number of halogens is 1. The van der Waals surface area contributed by atoms with Gasteiger partial charge in [-0.15, -0.1) is 0 Å². The zero-order valence-corrected chi connectivity index (χ0v) is 13.5. The molecular weight excluding hydrogens is 324 g/mol. The lowest BCUT2D eigenvalue weighted by Gasteiger charge is -2.34. The minimum Gasteiger partial charge on any atom is -0.444 e. The first-order valence-electron chi connectivity index (χ1n) is 6.56. The highest BCUT2D eigenvalue weighted by atomic mass is 79.9. The van der Waals surface area contributed by atoms with E-state index in [9.17, 15) is 4.79 Å². The molecular formula is C14H19BrN2O3. The zero-order valence-electron chi connectivity index (χ0n) is 11.9. The molecule has 1 amide bonds. The molecule has 1 atom stereocenters. The smallest absolute Gasteiger partial charge is 0.410 e. The van der Waals surface area contributed by atoms with Crippen LogP contribution in [0.25, 0.3) is 0 Å². The largest absolute Gasteiger partial charge is 0.444 e. The van der Waals surface area contributed by atoms with Crippen LogP contribution in [0, 0.1) is 0 Å². The van der Waals surface area contributed by atoms with Gasteiger partial charge < -0.3 is 14.4 Å². The summed E-state index contributed by atoms with van der Waals surface area (Å²) in [6, 6.07) is 1.90. The summed E-state index contributed by atoms with van der Waals surface area (Å²) in [5, 5.41) is 0. The van der Waals surface area contributed by atoms with Gasteiger partial charge in [-0.1, -0.05) is 0 Å². The molecule has 0 spiro atoms. The summed E-state index contributed by atoms with van der Waals surface area (Å²) in [5.74, 6) is 0. The normalized spacial score (nSPS) is 19.8. The van der Waals surface area contributed by atoms with Crippen LogP contribution in [0.4, 0.5) is 4.79 Å². The van der Waals surface area contributed by atoms with Crippen LogP contribution in [0.15, 0.2) is 22.9 Å². The maximum atomic E-state index is 12.1. The summed E-state index contributed by atoms with van der Waals surface area (Å²) in [6.07, 6.45) is 2.99. The van der Waals surface area contributed by atoms with Crippen LogP contribution in [0.5, 0.6) is 0 Å². The van der Waals surface area contributed by atoms with Crippen molar-refractivity contribution in [3.8, 4) is 0 Å². The van der Waals surface area contributed by atoms with Gasteiger partial charge in [-0.25, -0.2) is 4.79 Å². The van der Waals surface area contributed by atoms with Gasteiger partial charge in [0.1, 0.15) is 11.7 Å². The minimum atomic E-state index is -0.484. The molecule has 0 saturated carbocycles. The monoisotopic (exact) mass is 342 g/mol. The molecule has 6 heteroatoms. The van der Waals surface area contributed by atoms with E-state index < -0.39 is 5.60 Å².